The Morgan fingerprint density at radius 2 is 1.59 bits per heavy atom. The molecule has 1 rings (SSSR count). The molecule has 2 N–H and O–H groups in total. The number of nitrogens with one attached hydrogen (secondary N) is 2. The number of alkyl halides is 5. The lowest BCUT2D eigenvalue weighted by molar-refractivity contribution is -0.312. The summed E-state index contributed by atoms with van der Waals surface area (Å²) >= 11 is 0. The van der Waals surface area contributed by atoms with Gasteiger partial charge in [0.1, 0.15) is 6.42 Å². The third kappa shape index (κ3) is 6.03. The smallest absolute Gasteiger partial charge is 0.299 e. The molecular formula is C9H9F5N2O. The highest BCUT2D eigenvalue weighted by molar-refractivity contribution is 5.40. The number of benzene rings is 1. The third-order valence-corrected chi connectivity index (χ3v) is 1.58. The lowest BCUT2D eigenvalue weighted by atomic mass is 10.3. The predicted octanol–water partition coefficient (Wildman–Crippen LogP) is 3.08. The number of hydrogen-bond acceptors (Lipinski definition) is 3. The maximum atomic E-state index is 12.6. The van der Waals surface area contributed by atoms with E-state index in [1.54, 1.807) is 23.8 Å². The second-order valence-corrected chi connectivity index (χ2v) is 3.12. The van der Waals surface area contributed by atoms with E-state index in [9.17, 15) is 22.0 Å². The van der Waals surface area contributed by atoms with Crippen LogP contribution in [0.25, 0.3) is 0 Å². The molecule has 0 spiro atoms. The van der Waals surface area contributed by atoms with E-state index in [-0.39, 0.29) is 0 Å². The molecule has 1 aromatic carbocycles. The Labute approximate surface area is 93.5 Å². The molecule has 0 unspecified atom stereocenters. The summed E-state index contributed by atoms with van der Waals surface area (Å²) < 4.78 is 60.2. The van der Waals surface area contributed by atoms with Crippen molar-refractivity contribution in [2.45, 2.75) is 18.7 Å². The van der Waals surface area contributed by atoms with Crippen LogP contribution in [-0.2, 0) is 4.84 Å². The molecule has 96 valence electrons. The summed E-state index contributed by atoms with van der Waals surface area (Å²) in [4.78, 5) is 3.59. The van der Waals surface area contributed by atoms with Crippen molar-refractivity contribution < 1.29 is 26.8 Å². The molecule has 0 radical (unpaired) electrons. The van der Waals surface area contributed by atoms with E-state index in [4.69, 9.17) is 0 Å². The van der Waals surface area contributed by atoms with E-state index in [0.717, 1.165) is 0 Å². The minimum Gasteiger partial charge on any atom is -0.299 e. The fourth-order valence-corrected chi connectivity index (χ4v) is 0.950. The van der Waals surface area contributed by atoms with E-state index in [2.05, 4.69) is 10.3 Å². The molecule has 0 saturated carbocycles. The Kier molecular flexibility index (Phi) is 4.24. The summed E-state index contributed by atoms with van der Waals surface area (Å²) in [7, 11) is 0. The summed E-state index contributed by atoms with van der Waals surface area (Å²) in [5.41, 5.74) is 4.10. The second kappa shape index (κ2) is 5.28. The van der Waals surface area contributed by atoms with E-state index in [0.29, 0.717) is 5.69 Å². The van der Waals surface area contributed by atoms with Crippen molar-refractivity contribution in [1.82, 2.24) is 5.59 Å². The first-order valence-corrected chi connectivity index (χ1v) is 4.47. The highest BCUT2D eigenvalue weighted by Crippen LogP contribution is 2.31. The molecule has 0 aliphatic heterocycles. The molecular weight excluding hydrogens is 247 g/mol. The minimum absolute atomic E-state index is 0.371. The van der Waals surface area contributed by atoms with Gasteiger partial charge in [0, 0.05) is 0 Å². The van der Waals surface area contributed by atoms with Gasteiger partial charge in [-0.2, -0.15) is 22.0 Å². The molecule has 0 atom stereocenters. The monoisotopic (exact) mass is 256 g/mol. The number of para-hydroxylation sites is 1. The van der Waals surface area contributed by atoms with E-state index < -0.39 is 18.7 Å². The second-order valence-electron chi connectivity index (χ2n) is 3.12. The van der Waals surface area contributed by atoms with Gasteiger partial charge in [0.05, 0.1) is 5.69 Å². The summed E-state index contributed by atoms with van der Waals surface area (Å²) in [5, 5.41) is 0. The maximum Gasteiger partial charge on any atom is 0.397 e. The first-order chi connectivity index (χ1) is 7.79. The van der Waals surface area contributed by atoms with Crippen LogP contribution in [-0.4, -0.2) is 12.3 Å². The van der Waals surface area contributed by atoms with Gasteiger partial charge < -0.3 is 0 Å². The summed E-state index contributed by atoms with van der Waals surface area (Å²) in [5.74, 6) is 0. The van der Waals surface area contributed by atoms with Crippen LogP contribution in [0.2, 0.25) is 0 Å². The molecule has 0 aliphatic rings. The molecule has 0 amide bonds. The topological polar surface area (TPSA) is 33.3 Å². The summed E-state index contributed by atoms with van der Waals surface area (Å²) in [6.07, 6.45) is -11.7. The van der Waals surface area contributed by atoms with Crippen LogP contribution in [0, 0.1) is 0 Å². The fourth-order valence-electron chi connectivity index (χ4n) is 0.950. The standard InChI is InChI=1S/C9H9F5N2O/c10-8(11,12)6-9(13,14)17-16-15-7-4-2-1-3-5-7/h1-5,15-16H,6H2. The molecule has 0 fully saturated rings. The van der Waals surface area contributed by atoms with Gasteiger partial charge in [-0.15, -0.1) is 5.59 Å². The van der Waals surface area contributed by atoms with Gasteiger partial charge in [-0.25, -0.2) is 4.84 Å². The van der Waals surface area contributed by atoms with Crippen molar-refractivity contribution in [3.8, 4) is 0 Å². The largest absolute Gasteiger partial charge is 0.397 e. The first-order valence-electron chi connectivity index (χ1n) is 4.47. The van der Waals surface area contributed by atoms with Crippen LogP contribution < -0.4 is 11.0 Å². The Bertz CT molecular complexity index is 341. The Morgan fingerprint density at radius 1 is 1.00 bits per heavy atom. The molecule has 0 saturated heterocycles. The number of hydrogen-bond donors (Lipinski definition) is 2. The average molecular weight is 256 g/mol. The van der Waals surface area contributed by atoms with Crippen molar-refractivity contribution in [3.05, 3.63) is 30.3 Å². The van der Waals surface area contributed by atoms with Gasteiger partial charge in [-0.3, -0.25) is 5.43 Å². The fraction of sp³-hybridized carbons (Fsp3) is 0.333. The zero-order valence-electron chi connectivity index (χ0n) is 8.39. The highest BCUT2D eigenvalue weighted by atomic mass is 19.4. The van der Waals surface area contributed by atoms with Crippen molar-refractivity contribution in [2.75, 3.05) is 5.43 Å². The van der Waals surface area contributed by atoms with Gasteiger partial charge in [-0.05, 0) is 12.1 Å². The van der Waals surface area contributed by atoms with Gasteiger partial charge in [0.25, 0.3) is 0 Å². The van der Waals surface area contributed by atoms with Crippen LogP contribution in [0.3, 0.4) is 0 Å². The SMILES string of the molecule is FC(F)(F)CC(F)(F)ONNc1ccccc1. The van der Waals surface area contributed by atoms with Gasteiger partial charge in [-0.1, -0.05) is 18.2 Å². The zero-order chi connectivity index (χ0) is 12.9. The van der Waals surface area contributed by atoms with Crippen molar-refractivity contribution in [2.24, 2.45) is 0 Å². The number of hydrazine groups is 1. The number of rotatable bonds is 5. The van der Waals surface area contributed by atoms with Gasteiger partial charge >= 0.3 is 12.3 Å². The number of anilines is 1. The predicted molar refractivity (Wildman–Crippen MR) is 49.9 cm³/mol. The van der Waals surface area contributed by atoms with Crippen LogP contribution in [0.4, 0.5) is 27.6 Å². The van der Waals surface area contributed by atoms with E-state index in [1.165, 1.54) is 12.1 Å². The van der Waals surface area contributed by atoms with Gasteiger partial charge in [0.15, 0.2) is 0 Å². The number of halogens is 5. The summed E-state index contributed by atoms with van der Waals surface area (Å²) in [6, 6.07) is 7.93. The third-order valence-electron chi connectivity index (χ3n) is 1.58. The first kappa shape index (κ1) is 13.7. The Balaban J connectivity index is 2.35. The van der Waals surface area contributed by atoms with Crippen LogP contribution in [0.15, 0.2) is 30.3 Å². The van der Waals surface area contributed by atoms with Crippen molar-refractivity contribution in [1.29, 1.82) is 0 Å². The lowest BCUT2D eigenvalue weighted by Crippen LogP contribution is -2.36. The highest BCUT2D eigenvalue weighted by Gasteiger charge is 2.45. The van der Waals surface area contributed by atoms with Gasteiger partial charge in [0.2, 0.25) is 0 Å². The normalized spacial score (nSPS) is 12.5. The van der Waals surface area contributed by atoms with Crippen molar-refractivity contribution in [3.63, 3.8) is 0 Å². The molecule has 0 bridgehead atoms. The molecule has 0 heterocycles. The van der Waals surface area contributed by atoms with E-state index in [1.807, 2.05) is 0 Å². The van der Waals surface area contributed by atoms with Crippen molar-refractivity contribution >= 4 is 5.69 Å². The lowest BCUT2D eigenvalue weighted by Gasteiger charge is -2.18. The Hall–Kier alpha value is -1.41. The molecule has 8 heteroatoms. The molecule has 3 nitrogen and oxygen atoms in total. The van der Waals surface area contributed by atoms with Crippen LogP contribution in [0.5, 0.6) is 0 Å². The Morgan fingerprint density at radius 3 is 2.12 bits per heavy atom. The van der Waals surface area contributed by atoms with E-state index >= 15 is 0 Å². The average Bonchev–Trinajstić information content (AvgIpc) is 2.15. The minimum atomic E-state index is -5.00. The molecule has 1 aromatic rings. The maximum absolute atomic E-state index is 12.6. The zero-order valence-corrected chi connectivity index (χ0v) is 8.39. The quantitative estimate of drug-likeness (QED) is 0.627. The summed E-state index contributed by atoms with van der Waals surface area (Å²) in [6.45, 7) is 0. The molecule has 17 heavy (non-hydrogen) atoms. The molecule has 0 aliphatic carbocycles. The molecule has 0 aromatic heterocycles. The van der Waals surface area contributed by atoms with Crippen LogP contribution in [0.1, 0.15) is 6.42 Å². The van der Waals surface area contributed by atoms with Crippen LogP contribution >= 0.6 is 0 Å².